The van der Waals surface area contributed by atoms with Crippen LogP contribution >= 0.6 is 0 Å². The third-order valence-corrected chi connectivity index (χ3v) is 1.95. The van der Waals surface area contributed by atoms with Crippen molar-refractivity contribution in [3.05, 3.63) is 0 Å². The topological polar surface area (TPSA) is 52.3 Å². The van der Waals surface area contributed by atoms with Gasteiger partial charge in [-0.15, -0.1) is 0 Å². The van der Waals surface area contributed by atoms with Crippen LogP contribution in [0.15, 0.2) is 0 Å². The first kappa shape index (κ1) is 12.6. The van der Waals surface area contributed by atoms with Gasteiger partial charge < -0.3 is 4.74 Å². The Hall–Kier alpha value is -0.410. The molecule has 3 nitrogen and oxygen atoms in total. The minimum absolute atomic E-state index is 0.138. The quantitative estimate of drug-likeness (QED) is 0.681. The van der Waals surface area contributed by atoms with E-state index in [0.717, 1.165) is 6.42 Å². The second-order valence-corrected chi connectivity index (χ2v) is 4.82. The molecular weight excluding hydrogens is 166 g/mol. The van der Waals surface area contributed by atoms with Crippen molar-refractivity contribution in [2.75, 3.05) is 6.61 Å². The third kappa shape index (κ3) is 5.77. The maximum atomic E-state index is 11.0. The van der Waals surface area contributed by atoms with E-state index >= 15 is 0 Å². The van der Waals surface area contributed by atoms with Crippen molar-refractivity contribution in [1.29, 1.82) is 0 Å². The van der Waals surface area contributed by atoms with Crippen LogP contribution in [0.2, 0.25) is 0 Å². The summed E-state index contributed by atoms with van der Waals surface area (Å²) in [5, 5.41) is 0. The van der Waals surface area contributed by atoms with Gasteiger partial charge in [0.15, 0.2) is 11.5 Å². The van der Waals surface area contributed by atoms with Crippen LogP contribution in [0.5, 0.6) is 0 Å². The summed E-state index contributed by atoms with van der Waals surface area (Å²) >= 11 is 0. The molecule has 0 radical (unpaired) electrons. The number of Topliss-reactive ketones (excluding diaryl/α,β-unsaturated/α-hetero) is 1. The lowest BCUT2D eigenvalue weighted by atomic mass is 9.93. The lowest BCUT2D eigenvalue weighted by Gasteiger charge is -2.25. The van der Waals surface area contributed by atoms with E-state index in [1.807, 2.05) is 0 Å². The average Bonchev–Trinajstić information content (AvgIpc) is 1.82. The van der Waals surface area contributed by atoms with Crippen LogP contribution in [0.1, 0.15) is 41.0 Å². The van der Waals surface area contributed by atoms with Crippen molar-refractivity contribution in [1.82, 2.24) is 0 Å². The van der Waals surface area contributed by atoms with E-state index in [2.05, 4.69) is 20.8 Å². The molecule has 0 aromatic rings. The number of ketones is 1. The van der Waals surface area contributed by atoms with Gasteiger partial charge in [0.05, 0.1) is 0 Å². The van der Waals surface area contributed by atoms with Crippen molar-refractivity contribution in [3.63, 3.8) is 0 Å². The van der Waals surface area contributed by atoms with Gasteiger partial charge in [-0.2, -0.15) is 0 Å². The summed E-state index contributed by atoms with van der Waals surface area (Å²) in [6.07, 6.45) is 0.896. The summed E-state index contributed by atoms with van der Waals surface area (Å²) < 4.78 is 5.30. The third-order valence-electron chi connectivity index (χ3n) is 1.95. The molecule has 13 heavy (non-hydrogen) atoms. The standard InChI is InChI=1S/C10H21NO2/c1-8(12)10(5,11)13-7-6-9(2,3)4/h6-7,11H2,1-5H3. The molecule has 0 aliphatic rings. The highest BCUT2D eigenvalue weighted by Gasteiger charge is 2.25. The SMILES string of the molecule is CC(=O)C(C)(N)OCCC(C)(C)C. The Bertz CT molecular complexity index is 180. The van der Waals surface area contributed by atoms with E-state index in [-0.39, 0.29) is 11.2 Å². The maximum Gasteiger partial charge on any atom is 0.175 e. The summed E-state index contributed by atoms with van der Waals surface area (Å²) in [6, 6.07) is 0. The number of hydrogen-bond donors (Lipinski definition) is 1. The van der Waals surface area contributed by atoms with E-state index in [1.54, 1.807) is 6.92 Å². The summed E-state index contributed by atoms with van der Waals surface area (Å²) in [5.41, 5.74) is 4.71. The minimum Gasteiger partial charge on any atom is -0.354 e. The van der Waals surface area contributed by atoms with Crippen LogP contribution in [0.3, 0.4) is 0 Å². The molecule has 0 aromatic heterocycles. The Labute approximate surface area is 80.6 Å². The van der Waals surface area contributed by atoms with Gasteiger partial charge in [0, 0.05) is 6.61 Å². The van der Waals surface area contributed by atoms with E-state index in [9.17, 15) is 4.79 Å². The Kier molecular flexibility index (Phi) is 4.07. The van der Waals surface area contributed by atoms with Gasteiger partial charge >= 0.3 is 0 Å². The molecule has 0 rings (SSSR count). The van der Waals surface area contributed by atoms with Gasteiger partial charge in [-0.05, 0) is 25.7 Å². The predicted molar refractivity (Wildman–Crippen MR) is 53.3 cm³/mol. The molecule has 3 heteroatoms. The van der Waals surface area contributed by atoms with E-state index in [4.69, 9.17) is 10.5 Å². The molecule has 0 aliphatic carbocycles. The molecule has 0 saturated carbocycles. The molecule has 0 fully saturated rings. The van der Waals surface area contributed by atoms with Crippen LogP contribution in [0.25, 0.3) is 0 Å². The molecular formula is C10H21NO2. The van der Waals surface area contributed by atoms with Crippen molar-refractivity contribution in [2.45, 2.75) is 46.8 Å². The minimum atomic E-state index is -1.12. The average molecular weight is 187 g/mol. The first-order valence-corrected chi connectivity index (χ1v) is 4.59. The maximum absolute atomic E-state index is 11.0. The fourth-order valence-electron chi connectivity index (χ4n) is 0.671. The van der Waals surface area contributed by atoms with E-state index < -0.39 is 5.72 Å². The second kappa shape index (κ2) is 4.20. The fraction of sp³-hybridized carbons (Fsp3) is 0.900. The van der Waals surface area contributed by atoms with Gasteiger partial charge in [-0.1, -0.05) is 20.8 Å². The lowest BCUT2D eigenvalue weighted by Crippen LogP contribution is -2.46. The fourth-order valence-corrected chi connectivity index (χ4v) is 0.671. The Morgan fingerprint density at radius 2 is 1.77 bits per heavy atom. The summed E-state index contributed by atoms with van der Waals surface area (Å²) in [6.45, 7) is 9.93. The summed E-state index contributed by atoms with van der Waals surface area (Å²) in [5.74, 6) is -0.138. The zero-order valence-corrected chi connectivity index (χ0v) is 9.31. The molecule has 0 heterocycles. The number of rotatable bonds is 4. The molecule has 0 aromatic carbocycles. The van der Waals surface area contributed by atoms with Crippen molar-refractivity contribution in [3.8, 4) is 0 Å². The Morgan fingerprint density at radius 3 is 2.08 bits per heavy atom. The second-order valence-electron chi connectivity index (χ2n) is 4.82. The number of nitrogens with two attached hydrogens (primary N) is 1. The largest absolute Gasteiger partial charge is 0.354 e. The van der Waals surface area contributed by atoms with E-state index in [1.165, 1.54) is 6.92 Å². The van der Waals surface area contributed by atoms with Crippen LogP contribution < -0.4 is 5.73 Å². The highest BCUT2D eigenvalue weighted by Crippen LogP contribution is 2.19. The smallest absolute Gasteiger partial charge is 0.175 e. The number of carbonyl (C=O) groups excluding carboxylic acids is 1. The van der Waals surface area contributed by atoms with Gasteiger partial charge in [-0.3, -0.25) is 10.5 Å². The molecule has 0 saturated heterocycles. The molecule has 1 atom stereocenters. The van der Waals surface area contributed by atoms with Gasteiger partial charge in [0.2, 0.25) is 0 Å². The molecule has 0 bridgehead atoms. The monoisotopic (exact) mass is 187 g/mol. The zero-order chi connectivity index (χ0) is 10.7. The first-order chi connectivity index (χ1) is 5.65. The molecule has 2 N–H and O–H groups in total. The highest BCUT2D eigenvalue weighted by molar-refractivity contribution is 5.83. The van der Waals surface area contributed by atoms with Gasteiger partial charge in [-0.25, -0.2) is 0 Å². The molecule has 0 spiro atoms. The lowest BCUT2D eigenvalue weighted by molar-refractivity contribution is -0.140. The Morgan fingerprint density at radius 1 is 1.31 bits per heavy atom. The number of ether oxygens (including phenoxy) is 1. The zero-order valence-electron chi connectivity index (χ0n) is 9.31. The Balaban J connectivity index is 3.84. The van der Waals surface area contributed by atoms with E-state index in [0.29, 0.717) is 6.61 Å². The van der Waals surface area contributed by atoms with Crippen LogP contribution in [-0.4, -0.2) is 18.1 Å². The normalized spacial score (nSPS) is 16.8. The van der Waals surface area contributed by atoms with Crippen LogP contribution in [-0.2, 0) is 9.53 Å². The highest BCUT2D eigenvalue weighted by atomic mass is 16.5. The molecule has 1 unspecified atom stereocenters. The number of carbonyl (C=O) groups is 1. The van der Waals surface area contributed by atoms with Gasteiger partial charge in [0.25, 0.3) is 0 Å². The number of hydrogen-bond acceptors (Lipinski definition) is 3. The first-order valence-electron chi connectivity index (χ1n) is 4.59. The van der Waals surface area contributed by atoms with Gasteiger partial charge in [0.1, 0.15) is 0 Å². The predicted octanol–water partition coefficient (Wildman–Crippen LogP) is 1.70. The van der Waals surface area contributed by atoms with Crippen molar-refractivity contribution >= 4 is 5.78 Å². The molecule has 0 amide bonds. The molecule has 78 valence electrons. The van der Waals surface area contributed by atoms with Crippen LogP contribution in [0, 0.1) is 5.41 Å². The van der Waals surface area contributed by atoms with Crippen molar-refractivity contribution < 1.29 is 9.53 Å². The van der Waals surface area contributed by atoms with Crippen molar-refractivity contribution in [2.24, 2.45) is 11.1 Å². The summed E-state index contributed by atoms with van der Waals surface area (Å²) in [4.78, 5) is 11.0. The molecule has 0 aliphatic heterocycles. The summed E-state index contributed by atoms with van der Waals surface area (Å²) in [7, 11) is 0. The van der Waals surface area contributed by atoms with Crippen LogP contribution in [0.4, 0.5) is 0 Å².